The quantitative estimate of drug-likeness (QED) is 0.171. The smallest absolute Gasteiger partial charge is 0.229 e. The molecule has 8 heteroatoms. The number of Topliss-reactive ketones (excluding diaryl/α,β-unsaturated/α-hetero) is 1. The van der Waals surface area contributed by atoms with Crippen molar-refractivity contribution < 1.29 is 9.59 Å². The second kappa shape index (κ2) is 10.5. The number of carbonyl (C=O) groups is 2. The number of fused-ring (bicyclic) bond motifs is 1. The lowest BCUT2D eigenvalue weighted by molar-refractivity contribution is -0.123. The fourth-order valence-electron chi connectivity index (χ4n) is 4.26. The van der Waals surface area contributed by atoms with Gasteiger partial charge < -0.3 is 10.3 Å². The zero-order valence-electron chi connectivity index (χ0n) is 22.6. The van der Waals surface area contributed by atoms with E-state index < -0.39 is 10.7 Å². The molecule has 0 saturated heterocycles. The normalized spacial score (nSPS) is 12.4. The van der Waals surface area contributed by atoms with E-state index in [1.54, 1.807) is 24.3 Å². The largest absolute Gasteiger partial charge is 0.360 e. The number of para-hydroxylation sites is 1. The minimum atomic E-state index is -0.502. The van der Waals surface area contributed by atoms with Crippen molar-refractivity contribution >= 4 is 40.0 Å². The van der Waals surface area contributed by atoms with E-state index in [-0.39, 0.29) is 11.7 Å². The van der Waals surface area contributed by atoms with Gasteiger partial charge in [-0.25, -0.2) is 0 Å². The molecule has 0 saturated carbocycles. The summed E-state index contributed by atoms with van der Waals surface area (Å²) in [7, 11) is 0. The van der Waals surface area contributed by atoms with Gasteiger partial charge >= 0.3 is 0 Å². The molecular weight excluding hydrogens is 506 g/mol. The van der Waals surface area contributed by atoms with Gasteiger partial charge in [0.05, 0.1) is 5.25 Å². The molecule has 0 radical (unpaired) electrons. The van der Waals surface area contributed by atoms with Crippen LogP contribution in [0.3, 0.4) is 0 Å². The molecule has 0 fully saturated rings. The molecule has 2 heterocycles. The summed E-state index contributed by atoms with van der Waals surface area (Å²) in [6.45, 7) is 9.50. The van der Waals surface area contributed by atoms with Gasteiger partial charge in [0, 0.05) is 45.0 Å². The average molecular weight is 538 g/mol. The third-order valence-electron chi connectivity index (χ3n) is 6.48. The van der Waals surface area contributed by atoms with Crippen LogP contribution in [0.2, 0.25) is 0 Å². The Bertz CT molecular complexity index is 1660. The molecule has 0 bridgehead atoms. The van der Waals surface area contributed by atoms with Crippen LogP contribution in [0.15, 0.2) is 84.1 Å². The van der Waals surface area contributed by atoms with Crippen LogP contribution in [0.25, 0.3) is 28.0 Å². The molecule has 7 nitrogen and oxygen atoms in total. The van der Waals surface area contributed by atoms with Crippen molar-refractivity contribution in [3.63, 3.8) is 0 Å². The number of aromatic amines is 1. The van der Waals surface area contributed by atoms with Crippen molar-refractivity contribution in [1.29, 1.82) is 0 Å². The van der Waals surface area contributed by atoms with Crippen molar-refractivity contribution in [3.05, 3.63) is 90.1 Å². The molecule has 0 aliphatic carbocycles. The van der Waals surface area contributed by atoms with Gasteiger partial charge in [-0.3, -0.25) is 14.2 Å². The summed E-state index contributed by atoms with van der Waals surface area (Å²) < 4.78 is 2.02. The number of amides is 1. The summed E-state index contributed by atoms with van der Waals surface area (Å²) >= 11 is 1.38. The maximum absolute atomic E-state index is 13.4. The molecule has 0 aliphatic heterocycles. The summed E-state index contributed by atoms with van der Waals surface area (Å²) in [4.78, 5) is 29.0. The first-order chi connectivity index (χ1) is 18.6. The molecule has 1 amide bonds. The Balaban J connectivity index is 1.44. The first-order valence-electron chi connectivity index (χ1n) is 12.8. The lowest BCUT2D eigenvalue weighted by Gasteiger charge is -2.18. The van der Waals surface area contributed by atoms with E-state index >= 15 is 0 Å². The van der Waals surface area contributed by atoms with Gasteiger partial charge in [-0.15, -0.1) is 10.2 Å². The average Bonchev–Trinajstić information content (AvgIpc) is 3.52. The SMILES string of the molecule is Cc1cccc(-n2c(S[C@H](C)C(=O)c3ccc(NC(=O)C(C)(C)C)cc3)nnc2-c2c[nH]c3ccccc23)c1. The Morgan fingerprint density at radius 3 is 2.44 bits per heavy atom. The number of ketones is 1. The van der Waals surface area contributed by atoms with E-state index in [0.717, 1.165) is 27.7 Å². The second-order valence-corrected chi connectivity index (χ2v) is 11.9. The first-order valence-corrected chi connectivity index (χ1v) is 13.7. The van der Waals surface area contributed by atoms with Crippen molar-refractivity contribution in [2.24, 2.45) is 5.41 Å². The highest BCUT2D eigenvalue weighted by Crippen LogP contribution is 2.34. The van der Waals surface area contributed by atoms with Gasteiger partial charge in [0.1, 0.15) is 0 Å². The molecule has 39 heavy (non-hydrogen) atoms. The Morgan fingerprint density at radius 2 is 1.72 bits per heavy atom. The van der Waals surface area contributed by atoms with Crippen LogP contribution < -0.4 is 5.32 Å². The third-order valence-corrected chi connectivity index (χ3v) is 7.53. The molecule has 0 aliphatic rings. The molecule has 0 spiro atoms. The van der Waals surface area contributed by atoms with Crippen molar-refractivity contribution in [2.45, 2.75) is 45.0 Å². The molecule has 198 valence electrons. The number of rotatable bonds is 7. The number of hydrogen-bond acceptors (Lipinski definition) is 5. The van der Waals surface area contributed by atoms with E-state index in [9.17, 15) is 9.59 Å². The second-order valence-electron chi connectivity index (χ2n) is 10.6. The fraction of sp³-hybridized carbons (Fsp3) is 0.226. The van der Waals surface area contributed by atoms with Gasteiger partial charge in [0.2, 0.25) is 5.91 Å². The van der Waals surface area contributed by atoms with Crippen LogP contribution in [0.5, 0.6) is 0 Å². The molecule has 0 unspecified atom stereocenters. The number of H-pyrrole nitrogens is 1. The number of benzene rings is 3. The van der Waals surface area contributed by atoms with Crippen molar-refractivity contribution in [3.8, 4) is 17.1 Å². The van der Waals surface area contributed by atoms with Crippen LogP contribution in [-0.4, -0.2) is 36.7 Å². The summed E-state index contributed by atoms with van der Waals surface area (Å²) in [6.07, 6.45) is 1.95. The van der Waals surface area contributed by atoms with E-state index in [2.05, 4.69) is 32.6 Å². The van der Waals surface area contributed by atoms with Crippen molar-refractivity contribution in [2.75, 3.05) is 5.32 Å². The van der Waals surface area contributed by atoms with Gasteiger partial charge in [0.15, 0.2) is 16.8 Å². The standard InChI is InChI=1S/C31H31N5O2S/c1-19-9-8-10-23(17-19)36-28(25-18-32-26-12-7-6-11-24(25)26)34-35-30(36)39-20(2)27(37)21-13-15-22(16-14-21)33-29(38)31(3,4)5/h6-18,20,32H,1-5H3,(H,33,38)/t20-/m1/s1. The number of nitrogens with zero attached hydrogens (tertiary/aromatic N) is 3. The Labute approximate surface area is 232 Å². The summed E-state index contributed by atoms with van der Waals surface area (Å²) in [5.74, 6) is 0.604. The van der Waals surface area contributed by atoms with Gasteiger partial charge in [0.25, 0.3) is 0 Å². The molecular formula is C31H31N5O2S. The Hall–Kier alpha value is -4.17. The number of thioether (sulfide) groups is 1. The zero-order valence-corrected chi connectivity index (χ0v) is 23.5. The van der Waals surface area contributed by atoms with Crippen LogP contribution in [0.4, 0.5) is 5.69 Å². The van der Waals surface area contributed by atoms with E-state index in [1.165, 1.54) is 11.8 Å². The lowest BCUT2D eigenvalue weighted by Crippen LogP contribution is -2.27. The van der Waals surface area contributed by atoms with Crippen LogP contribution >= 0.6 is 11.8 Å². The van der Waals surface area contributed by atoms with Crippen LogP contribution in [0, 0.1) is 12.3 Å². The lowest BCUT2D eigenvalue weighted by atomic mass is 9.95. The molecule has 2 aromatic heterocycles. The molecule has 1 atom stereocenters. The number of nitrogens with one attached hydrogen (secondary N) is 2. The van der Waals surface area contributed by atoms with Crippen LogP contribution in [-0.2, 0) is 4.79 Å². The monoisotopic (exact) mass is 537 g/mol. The number of aromatic nitrogens is 4. The topological polar surface area (TPSA) is 92.7 Å². The van der Waals surface area contributed by atoms with Gasteiger partial charge in [-0.2, -0.15) is 0 Å². The number of anilines is 1. The maximum Gasteiger partial charge on any atom is 0.229 e. The molecule has 5 rings (SSSR count). The summed E-state index contributed by atoms with van der Waals surface area (Å²) in [5, 5.41) is 13.3. The zero-order chi connectivity index (χ0) is 27.7. The highest BCUT2D eigenvalue weighted by molar-refractivity contribution is 8.00. The summed E-state index contributed by atoms with van der Waals surface area (Å²) in [5.41, 5.74) is 4.74. The highest BCUT2D eigenvalue weighted by atomic mass is 32.2. The van der Waals surface area contributed by atoms with E-state index in [0.29, 0.717) is 22.2 Å². The maximum atomic E-state index is 13.4. The number of hydrogen-bond donors (Lipinski definition) is 2. The predicted octanol–water partition coefficient (Wildman–Crippen LogP) is 7.07. The van der Waals surface area contributed by atoms with Gasteiger partial charge in [-0.05, 0) is 61.9 Å². The number of aryl methyl sites for hydroxylation is 1. The van der Waals surface area contributed by atoms with Crippen LogP contribution in [0.1, 0.15) is 43.6 Å². The minimum absolute atomic E-state index is 0.0267. The summed E-state index contributed by atoms with van der Waals surface area (Å²) in [6, 6.07) is 23.3. The van der Waals surface area contributed by atoms with E-state index in [1.807, 2.05) is 81.8 Å². The molecule has 5 aromatic rings. The highest BCUT2D eigenvalue weighted by Gasteiger charge is 2.25. The van der Waals surface area contributed by atoms with E-state index in [4.69, 9.17) is 0 Å². The Kier molecular flexibility index (Phi) is 7.14. The molecule has 2 N–H and O–H groups in total. The minimum Gasteiger partial charge on any atom is -0.360 e. The number of carbonyl (C=O) groups excluding carboxylic acids is 2. The first kappa shape index (κ1) is 26.4. The van der Waals surface area contributed by atoms with Crippen molar-refractivity contribution in [1.82, 2.24) is 19.7 Å². The third kappa shape index (κ3) is 5.52. The predicted molar refractivity (Wildman–Crippen MR) is 158 cm³/mol. The van der Waals surface area contributed by atoms with Gasteiger partial charge in [-0.1, -0.05) is 62.9 Å². The fourth-order valence-corrected chi connectivity index (χ4v) is 5.20. The Morgan fingerprint density at radius 1 is 0.974 bits per heavy atom. The molecule has 3 aromatic carbocycles.